The van der Waals surface area contributed by atoms with Crippen LogP contribution in [0.15, 0.2) is 12.1 Å². The Morgan fingerprint density at radius 3 is 1.69 bits per heavy atom. The molecular weight excluding hydrogens is 342 g/mol. The van der Waals surface area contributed by atoms with Crippen molar-refractivity contribution in [3.63, 3.8) is 0 Å². The third kappa shape index (κ3) is 8.46. The van der Waals surface area contributed by atoms with Gasteiger partial charge in [-0.05, 0) is 67.0 Å². The molecule has 0 aliphatic carbocycles. The van der Waals surface area contributed by atoms with Gasteiger partial charge in [0.2, 0.25) is 0 Å². The number of aromatic carboxylic acids is 1. The first-order valence-electron chi connectivity index (χ1n) is 7.95. The Bertz CT molecular complexity index is 625. The number of nitro benzene ring substituents is 1. The van der Waals surface area contributed by atoms with E-state index in [0.717, 1.165) is 0 Å². The van der Waals surface area contributed by atoms with Crippen LogP contribution in [0, 0.1) is 24.0 Å². The fourth-order valence-corrected chi connectivity index (χ4v) is 1.76. The summed E-state index contributed by atoms with van der Waals surface area (Å²) in [5, 5.41) is 19.3. The van der Waals surface area contributed by atoms with Crippen LogP contribution in [0.25, 0.3) is 0 Å². The zero-order valence-corrected chi connectivity index (χ0v) is 16.5. The van der Waals surface area contributed by atoms with E-state index < -0.39 is 28.3 Å². The number of carbonyl (C=O) groups excluding carboxylic acids is 1. The van der Waals surface area contributed by atoms with Gasteiger partial charge in [0.15, 0.2) is 0 Å². The Balaban J connectivity index is 0.000000488. The van der Waals surface area contributed by atoms with Crippen LogP contribution >= 0.6 is 0 Å². The van der Waals surface area contributed by atoms with Crippen LogP contribution in [-0.4, -0.2) is 33.4 Å². The Morgan fingerprint density at radius 2 is 1.38 bits per heavy atom. The molecule has 0 fully saturated rings. The molecule has 0 aromatic heterocycles. The molecule has 0 aliphatic heterocycles. The predicted octanol–water partition coefficient (Wildman–Crippen LogP) is 4.65. The Hall–Kier alpha value is -2.64. The maximum atomic E-state index is 11.0. The number of carboxylic acids is 1. The molecule has 0 spiro atoms. The van der Waals surface area contributed by atoms with E-state index in [-0.39, 0.29) is 11.3 Å². The zero-order valence-electron chi connectivity index (χ0n) is 16.5. The fourth-order valence-electron chi connectivity index (χ4n) is 1.76. The van der Waals surface area contributed by atoms with Crippen molar-refractivity contribution in [3.8, 4) is 0 Å². The number of hydrogen-bond acceptors (Lipinski definition) is 6. The van der Waals surface area contributed by atoms with Crippen LogP contribution in [-0.2, 0) is 9.47 Å². The second kappa shape index (κ2) is 8.64. The maximum Gasteiger partial charge on any atom is 0.509 e. The minimum atomic E-state index is -1.07. The summed E-state index contributed by atoms with van der Waals surface area (Å²) < 4.78 is 9.91. The van der Waals surface area contributed by atoms with E-state index in [4.69, 9.17) is 14.6 Å². The first-order chi connectivity index (χ1) is 11.5. The first kappa shape index (κ1) is 23.4. The third-order valence-electron chi connectivity index (χ3n) is 2.96. The van der Waals surface area contributed by atoms with Gasteiger partial charge in [0.25, 0.3) is 5.69 Å². The number of ether oxygens (including phenoxy) is 2. The van der Waals surface area contributed by atoms with E-state index in [9.17, 15) is 19.7 Å². The lowest BCUT2D eigenvalue weighted by Crippen LogP contribution is -2.30. The molecular formula is C18H27NO7. The summed E-state index contributed by atoms with van der Waals surface area (Å²) >= 11 is 0. The average molecular weight is 369 g/mol. The summed E-state index contributed by atoms with van der Waals surface area (Å²) in [6, 6.07) is 2.47. The molecule has 0 aliphatic rings. The summed E-state index contributed by atoms with van der Waals surface area (Å²) in [4.78, 5) is 31.7. The van der Waals surface area contributed by atoms with Crippen LogP contribution in [0.3, 0.4) is 0 Å². The highest BCUT2D eigenvalue weighted by Crippen LogP contribution is 2.23. The number of carboxylic acid groups (broad SMARTS) is 1. The molecule has 1 rings (SSSR count). The maximum absolute atomic E-state index is 11.0. The molecule has 0 atom stereocenters. The zero-order chi connectivity index (χ0) is 20.9. The monoisotopic (exact) mass is 369 g/mol. The van der Waals surface area contributed by atoms with Gasteiger partial charge < -0.3 is 14.6 Å². The second-order valence-electron chi connectivity index (χ2n) is 7.62. The number of carbonyl (C=O) groups is 2. The van der Waals surface area contributed by atoms with Crippen molar-refractivity contribution in [2.75, 3.05) is 0 Å². The summed E-state index contributed by atoms with van der Waals surface area (Å²) in [5.74, 6) is -1.07. The number of nitrogens with zero attached hydrogens (tertiary/aromatic N) is 1. The topological polar surface area (TPSA) is 116 Å². The van der Waals surface area contributed by atoms with Crippen molar-refractivity contribution in [1.29, 1.82) is 0 Å². The molecule has 146 valence electrons. The van der Waals surface area contributed by atoms with Crippen LogP contribution in [0.1, 0.15) is 63.0 Å². The highest BCUT2D eigenvalue weighted by molar-refractivity contribution is 5.90. The smallest absolute Gasteiger partial charge is 0.478 e. The molecule has 26 heavy (non-hydrogen) atoms. The molecule has 0 heterocycles. The molecule has 0 amide bonds. The van der Waals surface area contributed by atoms with Crippen molar-refractivity contribution < 1.29 is 29.1 Å². The minimum Gasteiger partial charge on any atom is -0.478 e. The molecule has 0 saturated heterocycles. The number of rotatable bonds is 2. The number of benzene rings is 1. The molecule has 1 N–H and O–H groups in total. The lowest BCUT2D eigenvalue weighted by atomic mass is 10.0. The van der Waals surface area contributed by atoms with Gasteiger partial charge in [-0.25, -0.2) is 9.59 Å². The van der Waals surface area contributed by atoms with Crippen molar-refractivity contribution in [3.05, 3.63) is 38.9 Å². The number of nitro groups is 1. The van der Waals surface area contributed by atoms with Gasteiger partial charge in [-0.15, -0.1) is 0 Å². The van der Waals surface area contributed by atoms with Crippen LogP contribution < -0.4 is 0 Å². The molecule has 0 radical (unpaired) electrons. The van der Waals surface area contributed by atoms with Gasteiger partial charge in [0.1, 0.15) is 11.2 Å². The molecule has 1 aromatic carbocycles. The second-order valence-corrected chi connectivity index (χ2v) is 7.62. The highest BCUT2D eigenvalue weighted by atomic mass is 16.7. The van der Waals surface area contributed by atoms with E-state index in [0.29, 0.717) is 11.1 Å². The highest BCUT2D eigenvalue weighted by Gasteiger charge is 2.22. The van der Waals surface area contributed by atoms with Crippen molar-refractivity contribution in [2.45, 2.75) is 66.6 Å². The Kier molecular flexibility index (Phi) is 7.76. The lowest BCUT2D eigenvalue weighted by Gasteiger charge is -2.24. The summed E-state index contributed by atoms with van der Waals surface area (Å²) in [7, 11) is 0. The Labute approximate surface area is 153 Å². The number of hydrogen-bond donors (Lipinski definition) is 1. The van der Waals surface area contributed by atoms with Crippen molar-refractivity contribution in [1.82, 2.24) is 0 Å². The SMILES string of the molecule is CC(C)(C)OC(=O)OC(C)(C)C.Cc1c(C(=O)O)ccc([N+](=O)[O-])c1C. The van der Waals surface area contributed by atoms with E-state index in [1.165, 1.54) is 12.1 Å². The average Bonchev–Trinajstić information content (AvgIpc) is 2.37. The van der Waals surface area contributed by atoms with Gasteiger partial charge in [-0.1, -0.05) is 0 Å². The van der Waals surface area contributed by atoms with E-state index in [1.807, 2.05) is 0 Å². The van der Waals surface area contributed by atoms with Crippen LogP contribution in [0.2, 0.25) is 0 Å². The van der Waals surface area contributed by atoms with E-state index in [2.05, 4.69) is 0 Å². The summed E-state index contributed by atoms with van der Waals surface area (Å²) in [6.07, 6.45) is -0.616. The standard InChI is InChI=1S/C9H9NO4.C9H18O3/c1-5-6(2)8(10(13)14)4-3-7(5)9(11)12;1-8(2,3)11-7(10)12-9(4,5)6/h3-4H,1-2H3,(H,11,12);1-6H3. The van der Waals surface area contributed by atoms with Crippen LogP contribution in [0.5, 0.6) is 0 Å². The van der Waals surface area contributed by atoms with Gasteiger partial charge in [0.05, 0.1) is 10.5 Å². The van der Waals surface area contributed by atoms with Gasteiger partial charge in [0, 0.05) is 11.6 Å². The third-order valence-corrected chi connectivity index (χ3v) is 2.96. The van der Waals surface area contributed by atoms with Crippen LogP contribution in [0.4, 0.5) is 10.5 Å². The lowest BCUT2D eigenvalue weighted by molar-refractivity contribution is -0.385. The van der Waals surface area contributed by atoms with Gasteiger partial charge in [-0.3, -0.25) is 10.1 Å². The molecule has 0 unspecified atom stereocenters. The van der Waals surface area contributed by atoms with E-state index >= 15 is 0 Å². The van der Waals surface area contributed by atoms with Gasteiger partial charge >= 0.3 is 12.1 Å². The van der Waals surface area contributed by atoms with Crippen molar-refractivity contribution in [2.24, 2.45) is 0 Å². The van der Waals surface area contributed by atoms with Gasteiger partial charge in [-0.2, -0.15) is 0 Å². The summed E-state index contributed by atoms with van der Waals surface area (Å²) in [6.45, 7) is 13.9. The van der Waals surface area contributed by atoms with Crippen molar-refractivity contribution >= 4 is 17.8 Å². The Morgan fingerprint density at radius 1 is 0.962 bits per heavy atom. The molecule has 1 aromatic rings. The quantitative estimate of drug-likeness (QED) is 0.458. The first-order valence-corrected chi connectivity index (χ1v) is 7.95. The fraction of sp³-hybridized carbons (Fsp3) is 0.556. The minimum absolute atomic E-state index is 0.0486. The molecule has 0 saturated carbocycles. The molecule has 8 heteroatoms. The largest absolute Gasteiger partial charge is 0.509 e. The predicted molar refractivity (Wildman–Crippen MR) is 96.6 cm³/mol. The molecule has 8 nitrogen and oxygen atoms in total. The van der Waals surface area contributed by atoms with E-state index in [1.54, 1.807) is 55.4 Å². The molecule has 0 bridgehead atoms. The normalized spacial score (nSPS) is 11.1. The summed E-state index contributed by atoms with van der Waals surface area (Å²) in [5.41, 5.74) is -0.0767.